The summed E-state index contributed by atoms with van der Waals surface area (Å²) in [6.45, 7) is 1.68. The van der Waals surface area contributed by atoms with Gasteiger partial charge < -0.3 is 20.6 Å². The lowest BCUT2D eigenvalue weighted by Gasteiger charge is -2.49. The molecule has 2 aliphatic heterocycles. The fourth-order valence-electron chi connectivity index (χ4n) is 3.89. The van der Waals surface area contributed by atoms with Gasteiger partial charge in [-0.15, -0.1) is 16.9 Å². The number of hydrogen-bond donors (Lipinski definition) is 4. The van der Waals surface area contributed by atoms with Gasteiger partial charge in [0, 0.05) is 11.5 Å². The second-order valence-corrected chi connectivity index (χ2v) is 9.97. The van der Waals surface area contributed by atoms with E-state index in [4.69, 9.17) is 0 Å². The van der Waals surface area contributed by atoms with Gasteiger partial charge in [0.05, 0.1) is 0 Å². The molecule has 3 heterocycles. The summed E-state index contributed by atoms with van der Waals surface area (Å²) in [4.78, 5) is 50.0. The molecule has 0 bridgehead atoms. The first-order valence-electron chi connectivity index (χ1n) is 10.8. The number of benzene rings is 1. The normalized spacial score (nSPS) is 20.8. The van der Waals surface area contributed by atoms with Gasteiger partial charge in [0.15, 0.2) is 12.1 Å². The highest BCUT2D eigenvalue weighted by Gasteiger charge is 2.54. The first kappa shape index (κ1) is 25.7. The predicted octanol–water partition coefficient (Wildman–Crippen LogP) is 0.273. The van der Waals surface area contributed by atoms with Gasteiger partial charge in [0.2, 0.25) is 5.16 Å². The van der Waals surface area contributed by atoms with Crippen LogP contribution in [0.3, 0.4) is 0 Å². The number of fused-ring (bicyclic) bond motifs is 1. The second kappa shape index (κ2) is 10.7. The first-order valence-corrected chi connectivity index (χ1v) is 12.8. The Bertz CT molecular complexity index is 1220. The van der Waals surface area contributed by atoms with Crippen molar-refractivity contribution in [1.82, 2.24) is 30.4 Å². The van der Waals surface area contributed by atoms with Crippen molar-refractivity contribution in [3.05, 3.63) is 47.2 Å². The van der Waals surface area contributed by atoms with Crippen LogP contribution in [-0.4, -0.2) is 87.1 Å². The van der Waals surface area contributed by atoms with Crippen molar-refractivity contribution < 1.29 is 34.5 Å². The molecule has 0 spiro atoms. The summed E-state index contributed by atoms with van der Waals surface area (Å²) >= 11 is 2.35. The molecule has 4 rings (SSSR count). The standard InChI is InChI=1S/C21H22N6O7S2/c1-2-12(19(31)32)27-21(23-24-25-27)36-9-11-8-35-18-13(17(30)26(18)14(11)20(33)34)22-16(29)15(28)10-6-4-3-5-7-10/h3-7,12-13,15,18,28H,2,8-9H2,1H3,(H,22,29)(H,31,32)(H,33,34)/t12?,13?,15-,18-/m1/s1. The van der Waals surface area contributed by atoms with Crippen molar-refractivity contribution in [3.8, 4) is 0 Å². The van der Waals surface area contributed by atoms with E-state index in [1.807, 2.05) is 0 Å². The molecule has 1 aromatic carbocycles. The quantitative estimate of drug-likeness (QED) is 0.241. The molecule has 0 saturated carbocycles. The van der Waals surface area contributed by atoms with Crippen molar-refractivity contribution in [3.63, 3.8) is 0 Å². The number of carbonyl (C=O) groups excluding carboxylic acids is 2. The SMILES string of the molecule is CCC(C(=O)O)n1nnnc1SCC1=C(C(=O)O)N2C(=O)C(NC(=O)[C@H](O)c3ccccc3)[C@H]2SC1. The maximum absolute atomic E-state index is 12.9. The molecule has 15 heteroatoms. The number of carbonyl (C=O) groups is 4. The minimum absolute atomic E-state index is 0.116. The number of aliphatic hydroxyl groups excluding tert-OH is 1. The van der Waals surface area contributed by atoms with Crippen molar-refractivity contribution in [2.24, 2.45) is 0 Å². The van der Waals surface area contributed by atoms with Gasteiger partial charge >= 0.3 is 11.9 Å². The molecule has 2 amide bonds. The molecule has 36 heavy (non-hydrogen) atoms. The van der Waals surface area contributed by atoms with Crippen LogP contribution in [0.4, 0.5) is 0 Å². The van der Waals surface area contributed by atoms with Crippen LogP contribution >= 0.6 is 23.5 Å². The van der Waals surface area contributed by atoms with E-state index in [-0.39, 0.29) is 28.8 Å². The van der Waals surface area contributed by atoms with E-state index in [2.05, 4.69) is 20.8 Å². The molecule has 4 atom stereocenters. The lowest BCUT2D eigenvalue weighted by atomic mass is 10.0. The minimum atomic E-state index is -1.47. The Kier molecular flexibility index (Phi) is 7.61. The van der Waals surface area contributed by atoms with Crippen LogP contribution in [0.1, 0.15) is 31.1 Å². The Labute approximate surface area is 212 Å². The molecule has 1 fully saturated rings. The summed E-state index contributed by atoms with van der Waals surface area (Å²) in [6, 6.07) is 6.31. The highest BCUT2D eigenvalue weighted by Crippen LogP contribution is 2.41. The number of carboxylic acids is 2. The number of tetrazole rings is 1. The Morgan fingerprint density at radius 3 is 2.61 bits per heavy atom. The Hall–Kier alpha value is -3.43. The van der Waals surface area contributed by atoms with Gasteiger partial charge in [-0.3, -0.25) is 14.5 Å². The third-order valence-electron chi connectivity index (χ3n) is 5.72. The largest absolute Gasteiger partial charge is 0.480 e. The molecule has 190 valence electrons. The Morgan fingerprint density at radius 1 is 1.25 bits per heavy atom. The molecular weight excluding hydrogens is 512 g/mol. The van der Waals surface area contributed by atoms with E-state index in [9.17, 15) is 34.5 Å². The third kappa shape index (κ3) is 4.81. The number of aromatic nitrogens is 4. The molecular formula is C21H22N6O7S2. The number of aliphatic hydroxyl groups is 1. The van der Waals surface area contributed by atoms with Crippen LogP contribution in [0.5, 0.6) is 0 Å². The lowest BCUT2D eigenvalue weighted by Crippen LogP contribution is -2.70. The summed E-state index contributed by atoms with van der Waals surface area (Å²) in [5.41, 5.74) is 0.625. The number of nitrogens with one attached hydrogen (secondary N) is 1. The van der Waals surface area contributed by atoms with E-state index in [1.54, 1.807) is 37.3 Å². The van der Waals surface area contributed by atoms with E-state index >= 15 is 0 Å². The number of nitrogens with zero attached hydrogens (tertiary/aromatic N) is 5. The van der Waals surface area contributed by atoms with Crippen molar-refractivity contribution in [1.29, 1.82) is 0 Å². The Balaban J connectivity index is 1.47. The van der Waals surface area contributed by atoms with Gasteiger partial charge in [0.25, 0.3) is 11.8 Å². The average molecular weight is 535 g/mol. The molecule has 4 N–H and O–H groups in total. The van der Waals surface area contributed by atoms with Gasteiger partial charge in [-0.1, -0.05) is 49.0 Å². The highest BCUT2D eigenvalue weighted by molar-refractivity contribution is 8.01. The number of amides is 2. The molecule has 1 saturated heterocycles. The zero-order valence-electron chi connectivity index (χ0n) is 18.8. The van der Waals surface area contributed by atoms with Gasteiger partial charge in [-0.25, -0.2) is 14.3 Å². The second-order valence-electron chi connectivity index (χ2n) is 7.92. The maximum atomic E-state index is 12.9. The molecule has 2 aromatic rings. The summed E-state index contributed by atoms with van der Waals surface area (Å²) in [7, 11) is 0. The highest BCUT2D eigenvalue weighted by atomic mass is 32.2. The van der Waals surface area contributed by atoms with Gasteiger partial charge in [0.1, 0.15) is 17.1 Å². The van der Waals surface area contributed by atoms with Crippen molar-refractivity contribution in [2.45, 2.75) is 42.1 Å². The molecule has 0 aliphatic carbocycles. The fourth-order valence-corrected chi connectivity index (χ4v) is 6.30. The van der Waals surface area contributed by atoms with Crippen LogP contribution < -0.4 is 5.32 Å². The summed E-state index contributed by atoms with van der Waals surface area (Å²) in [6.07, 6.45) is -1.21. The summed E-state index contributed by atoms with van der Waals surface area (Å²) in [5.74, 6) is -3.36. The van der Waals surface area contributed by atoms with Crippen LogP contribution in [0, 0.1) is 0 Å². The Morgan fingerprint density at radius 2 is 1.97 bits per heavy atom. The van der Waals surface area contributed by atoms with Crippen LogP contribution in [-0.2, 0) is 19.2 Å². The molecule has 2 unspecified atom stereocenters. The molecule has 13 nitrogen and oxygen atoms in total. The van der Waals surface area contributed by atoms with E-state index < -0.39 is 47.3 Å². The van der Waals surface area contributed by atoms with Gasteiger partial charge in [-0.05, 0) is 28.0 Å². The smallest absolute Gasteiger partial charge is 0.352 e. The number of carboxylic acid groups (broad SMARTS) is 2. The average Bonchev–Trinajstić information content (AvgIpc) is 3.33. The summed E-state index contributed by atoms with van der Waals surface area (Å²) in [5, 5.41) is 42.7. The topological polar surface area (TPSA) is 188 Å². The van der Waals surface area contributed by atoms with Crippen LogP contribution in [0.15, 0.2) is 46.8 Å². The van der Waals surface area contributed by atoms with E-state index in [0.29, 0.717) is 11.1 Å². The number of thioether (sulfide) groups is 2. The first-order chi connectivity index (χ1) is 17.2. The zero-order valence-corrected chi connectivity index (χ0v) is 20.5. The van der Waals surface area contributed by atoms with Crippen LogP contribution in [0.25, 0.3) is 0 Å². The zero-order chi connectivity index (χ0) is 26.0. The number of β-lactam (4-membered cyclic amide) rings is 1. The number of rotatable bonds is 10. The van der Waals surface area contributed by atoms with Crippen molar-refractivity contribution in [2.75, 3.05) is 11.5 Å². The molecule has 0 radical (unpaired) electrons. The van der Waals surface area contributed by atoms with Crippen LogP contribution in [0.2, 0.25) is 0 Å². The fraction of sp³-hybridized carbons (Fsp3) is 0.381. The maximum Gasteiger partial charge on any atom is 0.352 e. The minimum Gasteiger partial charge on any atom is -0.480 e. The molecule has 1 aromatic heterocycles. The van der Waals surface area contributed by atoms with E-state index in [0.717, 1.165) is 16.7 Å². The van der Waals surface area contributed by atoms with Crippen molar-refractivity contribution >= 4 is 47.3 Å². The number of aliphatic carboxylic acids is 2. The predicted molar refractivity (Wildman–Crippen MR) is 127 cm³/mol. The summed E-state index contributed by atoms with van der Waals surface area (Å²) < 4.78 is 1.17. The number of hydrogen-bond acceptors (Lipinski definition) is 10. The van der Waals surface area contributed by atoms with Gasteiger partial charge in [-0.2, -0.15) is 0 Å². The lowest BCUT2D eigenvalue weighted by molar-refractivity contribution is -0.151. The third-order valence-corrected chi connectivity index (χ3v) is 8.08. The monoisotopic (exact) mass is 534 g/mol. The van der Waals surface area contributed by atoms with E-state index in [1.165, 1.54) is 16.4 Å². The molecule has 2 aliphatic rings.